The molecule has 3 rings (SSSR count). The Morgan fingerprint density at radius 3 is 2.48 bits per heavy atom. The third-order valence-corrected chi connectivity index (χ3v) is 4.36. The Morgan fingerprint density at radius 2 is 1.83 bits per heavy atom. The number of nitrogens with two attached hydrogens (primary N) is 2. The number of benzene rings is 1. The SMILES string of the molecule is CC(C)[C@@H](Nc1nc(Nc2cnc3ccccc3c2)c(C(N)=O)cc1F)C(N)=O. The highest BCUT2D eigenvalue weighted by atomic mass is 19.1. The summed E-state index contributed by atoms with van der Waals surface area (Å²) in [6.07, 6.45) is 1.56. The first-order valence-corrected chi connectivity index (χ1v) is 8.94. The standard InChI is InChI=1S/C20H21FN6O2/c1-10(2)16(18(23)29)26-20-14(21)8-13(17(22)28)19(27-20)25-12-7-11-5-3-4-6-15(11)24-9-12/h3-10,16H,1-2H3,(H2,22,28)(H2,23,29)(H2,25,26,27)/t16-/m1/s1. The second-order valence-corrected chi connectivity index (χ2v) is 6.89. The lowest BCUT2D eigenvalue weighted by molar-refractivity contribution is -0.119. The van der Waals surface area contributed by atoms with Crippen molar-refractivity contribution in [2.24, 2.45) is 17.4 Å². The first-order chi connectivity index (χ1) is 13.8. The molecule has 29 heavy (non-hydrogen) atoms. The molecule has 0 radical (unpaired) electrons. The van der Waals surface area contributed by atoms with E-state index >= 15 is 0 Å². The number of primary amides is 2. The van der Waals surface area contributed by atoms with Crippen LogP contribution in [0.4, 0.5) is 21.7 Å². The van der Waals surface area contributed by atoms with Gasteiger partial charge in [0.05, 0.1) is 23.0 Å². The van der Waals surface area contributed by atoms with Crippen molar-refractivity contribution in [2.45, 2.75) is 19.9 Å². The van der Waals surface area contributed by atoms with Crippen LogP contribution < -0.4 is 22.1 Å². The largest absolute Gasteiger partial charge is 0.368 e. The molecule has 0 aliphatic heterocycles. The molecule has 150 valence electrons. The number of carbonyl (C=O) groups is 2. The van der Waals surface area contributed by atoms with Gasteiger partial charge in [-0.2, -0.15) is 0 Å². The number of nitrogens with one attached hydrogen (secondary N) is 2. The molecular formula is C20H21FN6O2. The minimum atomic E-state index is -0.852. The van der Waals surface area contributed by atoms with Crippen LogP contribution in [-0.2, 0) is 4.79 Å². The number of amides is 2. The quantitative estimate of drug-likeness (QED) is 0.484. The maximum Gasteiger partial charge on any atom is 0.252 e. The third-order valence-electron chi connectivity index (χ3n) is 4.36. The van der Waals surface area contributed by atoms with Crippen molar-refractivity contribution in [2.75, 3.05) is 10.6 Å². The summed E-state index contributed by atoms with van der Waals surface area (Å²) in [5.41, 5.74) is 11.9. The van der Waals surface area contributed by atoms with Crippen LogP contribution in [0.3, 0.4) is 0 Å². The van der Waals surface area contributed by atoms with E-state index in [-0.39, 0.29) is 23.1 Å². The normalized spacial score (nSPS) is 12.0. The Kier molecular flexibility index (Phi) is 5.58. The molecule has 0 unspecified atom stereocenters. The van der Waals surface area contributed by atoms with Crippen LogP contribution in [0, 0.1) is 11.7 Å². The lowest BCUT2D eigenvalue weighted by Crippen LogP contribution is -2.40. The van der Waals surface area contributed by atoms with E-state index in [9.17, 15) is 14.0 Å². The first kappa shape index (κ1) is 20.0. The third kappa shape index (κ3) is 4.40. The number of halogens is 1. The van der Waals surface area contributed by atoms with Gasteiger partial charge in [-0.1, -0.05) is 32.0 Å². The summed E-state index contributed by atoms with van der Waals surface area (Å²) in [6, 6.07) is 9.42. The highest BCUT2D eigenvalue weighted by Gasteiger charge is 2.23. The van der Waals surface area contributed by atoms with Gasteiger partial charge in [0.25, 0.3) is 5.91 Å². The zero-order valence-corrected chi connectivity index (χ0v) is 15.9. The fourth-order valence-corrected chi connectivity index (χ4v) is 2.86. The van der Waals surface area contributed by atoms with E-state index in [4.69, 9.17) is 11.5 Å². The highest BCUT2D eigenvalue weighted by molar-refractivity contribution is 5.99. The van der Waals surface area contributed by atoms with Gasteiger partial charge in [-0.25, -0.2) is 9.37 Å². The molecule has 2 amide bonds. The molecule has 9 heteroatoms. The van der Waals surface area contributed by atoms with Crippen molar-refractivity contribution in [3.05, 3.63) is 54.0 Å². The fourth-order valence-electron chi connectivity index (χ4n) is 2.86. The van der Waals surface area contributed by atoms with E-state index in [1.54, 1.807) is 20.0 Å². The average molecular weight is 396 g/mol. The smallest absolute Gasteiger partial charge is 0.252 e. The molecule has 0 bridgehead atoms. The van der Waals surface area contributed by atoms with Crippen molar-refractivity contribution >= 4 is 40.0 Å². The molecule has 6 N–H and O–H groups in total. The van der Waals surface area contributed by atoms with Crippen molar-refractivity contribution in [1.29, 1.82) is 0 Å². The lowest BCUT2D eigenvalue weighted by atomic mass is 10.0. The molecule has 2 heterocycles. The van der Waals surface area contributed by atoms with Crippen LogP contribution in [0.5, 0.6) is 0 Å². The zero-order valence-electron chi connectivity index (χ0n) is 15.9. The molecule has 0 aliphatic rings. The van der Waals surface area contributed by atoms with E-state index in [0.717, 1.165) is 17.0 Å². The minimum absolute atomic E-state index is 0.0328. The van der Waals surface area contributed by atoms with Crippen LogP contribution >= 0.6 is 0 Å². The van der Waals surface area contributed by atoms with Crippen molar-refractivity contribution in [1.82, 2.24) is 9.97 Å². The number of hydrogen-bond donors (Lipinski definition) is 4. The summed E-state index contributed by atoms with van der Waals surface area (Å²) in [5, 5.41) is 6.52. The summed E-state index contributed by atoms with van der Waals surface area (Å²) >= 11 is 0. The maximum absolute atomic E-state index is 14.5. The molecule has 0 aliphatic carbocycles. The number of rotatable bonds is 7. The van der Waals surface area contributed by atoms with Crippen LogP contribution in [0.2, 0.25) is 0 Å². The van der Waals surface area contributed by atoms with E-state index < -0.39 is 23.7 Å². The number of carbonyl (C=O) groups excluding carboxylic acids is 2. The predicted molar refractivity (Wildman–Crippen MR) is 109 cm³/mol. The number of para-hydroxylation sites is 1. The summed E-state index contributed by atoms with van der Waals surface area (Å²) < 4.78 is 14.5. The monoisotopic (exact) mass is 396 g/mol. The Balaban J connectivity index is 2.01. The van der Waals surface area contributed by atoms with Crippen LogP contribution in [0.1, 0.15) is 24.2 Å². The Labute approximate surface area is 166 Å². The molecular weight excluding hydrogens is 375 g/mol. The maximum atomic E-state index is 14.5. The van der Waals surface area contributed by atoms with Gasteiger partial charge in [0.1, 0.15) is 11.9 Å². The van der Waals surface area contributed by atoms with Gasteiger partial charge in [0.15, 0.2) is 11.6 Å². The van der Waals surface area contributed by atoms with Crippen LogP contribution in [-0.4, -0.2) is 27.8 Å². The topological polar surface area (TPSA) is 136 Å². The zero-order chi connectivity index (χ0) is 21.1. The second kappa shape index (κ2) is 8.09. The van der Waals surface area contributed by atoms with E-state index in [2.05, 4.69) is 20.6 Å². The average Bonchev–Trinajstić information content (AvgIpc) is 2.67. The van der Waals surface area contributed by atoms with Crippen LogP contribution in [0.25, 0.3) is 10.9 Å². The molecule has 8 nitrogen and oxygen atoms in total. The second-order valence-electron chi connectivity index (χ2n) is 6.89. The first-order valence-electron chi connectivity index (χ1n) is 8.94. The van der Waals surface area contributed by atoms with E-state index in [1.165, 1.54) is 0 Å². The van der Waals surface area contributed by atoms with E-state index in [1.807, 2.05) is 30.3 Å². The number of nitrogens with zero attached hydrogens (tertiary/aromatic N) is 2. The van der Waals surface area contributed by atoms with Crippen molar-refractivity contribution in [3.8, 4) is 0 Å². The number of aromatic nitrogens is 2. The number of fused-ring (bicyclic) bond motifs is 1. The summed E-state index contributed by atoms with van der Waals surface area (Å²) in [4.78, 5) is 31.9. The minimum Gasteiger partial charge on any atom is -0.368 e. The highest BCUT2D eigenvalue weighted by Crippen LogP contribution is 2.26. The summed E-state index contributed by atoms with van der Waals surface area (Å²) in [5.74, 6) is -2.71. The molecule has 0 spiro atoms. The molecule has 1 aromatic carbocycles. The molecule has 2 aromatic heterocycles. The lowest BCUT2D eigenvalue weighted by Gasteiger charge is -2.21. The molecule has 0 saturated carbocycles. The Hall–Kier alpha value is -3.75. The van der Waals surface area contributed by atoms with Crippen LogP contribution in [0.15, 0.2) is 42.6 Å². The summed E-state index contributed by atoms with van der Waals surface area (Å²) in [7, 11) is 0. The molecule has 0 saturated heterocycles. The van der Waals surface area contributed by atoms with Gasteiger partial charge in [-0.15, -0.1) is 0 Å². The van der Waals surface area contributed by atoms with Gasteiger partial charge in [-0.3, -0.25) is 14.6 Å². The summed E-state index contributed by atoms with van der Waals surface area (Å²) in [6.45, 7) is 3.52. The number of anilines is 3. The van der Waals surface area contributed by atoms with Gasteiger partial charge in [0.2, 0.25) is 5.91 Å². The van der Waals surface area contributed by atoms with Crippen molar-refractivity contribution < 1.29 is 14.0 Å². The predicted octanol–water partition coefficient (Wildman–Crippen LogP) is 2.53. The van der Waals surface area contributed by atoms with Gasteiger partial charge in [0, 0.05) is 5.39 Å². The fraction of sp³-hybridized carbons (Fsp3) is 0.200. The molecule has 1 atom stereocenters. The Morgan fingerprint density at radius 1 is 1.10 bits per heavy atom. The van der Waals surface area contributed by atoms with Gasteiger partial charge in [-0.05, 0) is 24.1 Å². The van der Waals surface area contributed by atoms with E-state index in [0.29, 0.717) is 5.69 Å². The number of hydrogen-bond acceptors (Lipinski definition) is 6. The number of pyridine rings is 2. The molecule has 3 aromatic rings. The van der Waals surface area contributed by atoms with Gasteiger partial charge >= 0.3 is 0 Å². The molecule has 0 fully saturated rings. The van der Waals surface area contributed by atoms with Gasteiger partial charge < -0.3 is 22.1 Å². The van der Waals surface area contributed by atoms with Crippen molar-refractivity contribution in [3.63, 3.8) is 0 Å². The Bertz CT molecular complexity index is 1090.